The Labute approximate surface area is 255 Å². The number of benzene rings is 2. The van der Waals surface area contributed by atoms with Crippen LogP contribution in [0.4, 0.5) is 24.0 Å². The molecule has 0 radical (unpaired) electrons. The topological polar surface area (TPSA) is 103 Å². The Bertz CT molecular complexity index is 1810. The maximum atomic E-state index is 16.8. The van der Waals surface area contributed by atoms with Gasteiger partial charge in [-0.05, 0) is 50.0 Å². The Kier molecular flexibility index (Phi) is 7.04. The van der Waals surface area contributed by atoms with Crippen molar-refractivity contribution in [3.63, 3.8) is 0 Å². The third-order valence-corrected chi connectivity index (χ3v) is 10.5. The van der Waals surface area contributed by atoms with Gasteiger partial charge >= 0.3 is 6.01 Å². The lowest BCUT2D eigenvalue weighted by Gasteiger charge is -2.31. The number of likely N-dealkylation sites (N-methyl/N-ethyl adjacent to an activating group) is 1. The second-order valence-corrected chi connectivity index (χ2v) is 13.1. The number of anilines is 2. The quantitative estimate of drug-likeness (QED) is 0.283. The highest BCUT2D eigenvalue weighted by atomic mass is 35.5. The van der Waals surface area contributed by atoms with Crippen molar-refractivity contribution < 1.29 is 17.9 Å². The highest BCUT2D eigenvalue weighted by molar-refractivity contribution is 7.23. The number of nitrogens with one attached hydrogen (secondary N) is 1. The fourth-order valence-corrected chi connectivity index (χ4v) is 8.28. The number of hydrogen-bond donors (Lipinski definition) is 2. The number of alkyl halides is 1. The summed E-state index contributed by atoms with van der Waals surface area (Å²) < 4.78 is 52.3. The Hall–Kier alpha value is -3.37. The van der Waals surface area contributed by atoms with Crippen LogP contribution in [0.15, 0.2) is 18.2 Å². The van der Waals surface area contributed by atoms with E-state index in [2.05, 4.69) is 15.2 Å². The third-order valence-electron chi connectivity index (χ3n) is 9.19. The SMILES string of the molecule is CN(c1nc(OC[C@@]23CCCN2C[C@H](F)C3)nc2c(F)c(-c3ccc(F)c4sc(N)c(C#N)c34)c(Cl)cc12)[C@@H]1CCNC1. The smallest absolute Gasteiger partial charge is 0.319 e. The summed E-state index contributed by atoms with van der Waals surface area (Å²) in [6.45, 7) is 2.95. The fourth-order valence-electron chi connectivity index (χ4n) is 7.04. The molecular weight excluding hydrogens is 599 g/mol. The first-order chi connectivity index (χ1) is 20.7. The van der Waals surface area contributed by atoms with Crippen LogP contribution in [0.1, 0.15) is 31.2 Å². The minimum absolute atomic E-state index is 0.0160. The van der Waals surface area contributed by atoms with Gasteiger partial charge in [-0.3, -0.25) is 4.90 Å². The number of nitrogens with two attached hydrogens (primary N) is 1. The molecule has 3 fully saturated rings. The molecule has 5 heterocycles. The van der Waals surface area contributed by atoms with Gasteiger partial charge in [0.05, 0.1) is 20.8 Å². The summed E-state index contributed by atoms with van der Waals surface area (Å²) in [6.07, 6.45) is 2.09. The van der Waals surface area contributed by atoms with Crippen molar-refractivity contribution in [1.29, 1.82) is 5.26 Å². The molecule has 0 amide bonds. The second-order valence-electron chi connectivity index (χ2n) is 11.6. The Morgan fingerprint density at radius 1 is 1.35 bits per heavy atom. The van der Waals surface area contributed by atoms with E-state index in [1.54, 1.807) is 6.07 Å². The number of halogens is 4. The van der Waals surface area contributed by atoms with E-state index >= 15 is 4.39 Å². The lowest BCUT2D eigenvalue weighted by Crippen LogP contribution is -2.43. The molecule has 0 saturated carbocycles. The molecule has 4 aromatic rings. The van der Waals surface area contributed by atoms with Crippen molar-refractivity contribution in [1.82, 2.24) is 20.2 Å². The summed E-state index contributed by atoms with van der Waals surface area (Å²) in [5.74, 6) is -0.858. The summed E-state index contributed by atoms with van der Waals surface area (Å²) in [7, 11) is 1.89. The van der Waals surface area contributed by atoms with E-state index in [0.717, 1.165) is 50.2 Å². The maximum absolute atomic E-state index is 16.8. The van der Waals surface area contributed by atoms with E-state index in [1.807, 2.05) is 18.0 Å². The number of nitrogen functional groups attached to an aromatic ring is 1. The molecule has 7 rings (SSSR count). The normalized spacial score (nSPS) is 23.7. The molecule has 0 unspecified atom stereocenters. The van der Waals surface area contributed by atoms with Gasteiger partial charge < -0.3 is 20.7 Å². The van der Waals surface area contributed by atoms with E-state index in [1.165, 1.54) is 12.1 Å². The number of nitriles is 1. The number of thiophene rings is 1. The first kappa shape index (κ1) is 28.4. The van der Waals surface area contributed by atoms with Gasteiger partial charge in [0.25, 0.3) is 0 Å². The minimum Gasteiger partial charge on any atom is -0.461 e. The minimum atomic E-state index is -0.919. The summed E-state index contributed by atoms with van der Waals surface area (Å²) in [4.78, 5) is 13.4. The van der Waals surface area contributed by atoms with Crippen LogP contribution in [0.25, 0.3) is 32.1 Å². The van der Waals surface area contributed by atoms with Crippen LogP contribution >= 0.6 is 22.9 Å². The van der Waals surface area contributed by atoms with Crippen molar-refractivity contribution in [3.05, 3.63) is 40.4 Å². The van der Waals surface area contributed by atoms with Gasteiger partial charge in [0.2, 0.25) is 0 Å². The number of aromatic nitrogens is 2. The molecule has 3 saturated heterocycles. The van der Waals surface area contributed by atoms with Crippen LogP contribution in [-0.4, -0.2) is 72.5 Å². The van der Waals surface area contributed by atoms with Crippen molar-refractivity contribution >= 4 is 54.7 Å². The summed E-state index contributed by atoms with van der Waals surface area (Å²) in [5, 5.41) is 13.9. The monoisotopic (exact) mass is 627 g/mol. The van der Waals surface area contributed by atoms with E-state index in [-0.39, 0.29) is 61.0 Å². The molecular formula is C30H29ClF3N7OS. The predicted octanol–water partition coefficient (Wildman–Crippen LogP) is 5.65. The number of ether oxygens (including phenoxy) is 1. The van der Waals surface area contributed by atoms with Gasteiger partial charge in [0, 0.05) is 48.9 Å². The van der Waals surface area contributed by atoms with Crippen LogP contribution in [-0.2, 0) is 0 Å². The van der Waals surface area contributed by atoms with Crippen molar-refractivity contribution in [2.45, 2.75) is 43.4 Å². The molecule has 0 aliphatic carbocycles. The molecule has 2 aromatic heterocycles. The summed E-state index contributed by atoms with van der Waals surface area (Å²) >= 11 is 7.71. The molecule has 3 aliphatic heterocycles. The zero-order valence-corrected chi connectivity index (χ0v) is 25.0. The Balaban J connectivity index is 1.39. The van der Waals surface area contributed by atoms with Crippen molar-refractivity contribution in [3.8, 4) is 23.2 Å². The Morgan fingerprint density at radius 3 is 2.95 bits per heavy atom. The molecule has 0 bridgehead atoms. The molecule has 8 nitrogen and oxygen atoms in total. The molecule has 3 N–H and O–H groups in total. The largest absolute Gasteiger partial charge is 0.461 e. The average Bonchev–Trinajstić information content (AvgIpc) is 3.76. The van der Waals surface area contributed by atoms with Gasteiger partial charge in [-0.15, -0.1) is 11.3 Å². The van der Waals surface area contributed by atoms with Crippen LogP contribution in [0.5, 0.6) is 6.01 Å². The number of nitrogens with zero attached hydrogens (tertiary/aromatic N) is 5. The van der Waals surface area contributed by atoms with Gasteiger partial charge in [-0.1, -0.05) is 17.7 Å². The van der Waals surface area contributed by atoms with E-state index in [9.17, 15) is 14.0 Å². The molecule has 2 aromatic carbocycles. The average molecular weight is 628 g/mol. The fraction of sp³-hybridized carbons (Fsp3) is 0.433. The summed E-state index contributed by atoms with van der Waals surface area (Å²) in [6, 6.07) is 6.32. The van der Waals surface area contributed by atoms with Crippen molar-refractivity contribution in [2.75, 3.05) is 50.5 Å². The predicted molar refractivity (Wildman–Crippen MR) is 163 cm³/mol. The van der Waals surface area contributed by atoms with E-state index < -0.39 is 23.3 Å². The van der Waals surface area contributed by atoms with Gasteiger partial charge in [0.1, 0.15) is 41.0 Å². The number of fused-ring (bicyclic) bond motifs is 3. The zero-order chi connectivity index (χ0) is 30.0. The highest BCUT2D eigenvalue weighted by Gasteiger charge is 2.49. The highest BCUT2D eigenvalue weighted by Crippen LogP contribution is 2.46. The van der Waals surface area contributed by atoms with Crippen molar-refractivity contribution in [2.24, 2.45) is 0 Å². The molecule has 224 valence electrons. The molecule has 3 aliphatic rings. The van der Waals surface area contributed by atoms with Crippen LogP contribution in [0.3, 0.4) is 0 Å². The first-order valence-electron chi connectivity index (χ1n) is 14.3. The van der Waals surface area contributed by atoms with E-state index in [4.69, 9.17) is 27.1 Å². The van der Waals surface area contributed by atoms with E-state index in [0.29, 0.717) is 24.2 Å². The maximum Gasteiger partial charge on any atom is 0.319 e. The first-order valence-corrected chi connectivity index (χ1v) is 15.5. The van der Waals surface area contributed by atoms with Gasteiger partial charge in [-0.25, -0.2) is 13.2 Å². The van der Waals surface area contributed by atoms with Gasteiger partial charge in [-0.2, -0.15) is 15.2 Å². The number of rotatable bonds is 6. The zero-order valence-electron chi connectivity index (χ0n) is 23.4. The number of hydrogen-bond acceptors (Lipinski definition) is 9. The Morgan fingerprint density at radius 2 is 2.19 bits per heavy atom. The third kappa shape index (κ3) is 4.56. The lowest BCUT2D eigenvalue weighted by molar-refractivity contribution is 0.107. The molecule has 13 heteroatoms. The molecule has 0 spiro atoms. The van der Waals surface area contributed by atoms with Crippen LogP contribution in [0, 0.1) is 23.0 Å². The summed E-state index contributed by atoms with van der Waals surface area (Å²) in [5.41, 5.74) is 5.86. The molecule has 43 heavy (non-hydrogen) atoms. The lowest BCUT2D eigenvalue weighted by atomic mass is 9.95. The van der Waals surface area contributed by atoms with Gasteiger partial charge in [0.15, 0.2) is 5.82 Å². The van der Waals surface area contributed by atoms with Crippen LogP contribution in [0.2, 0.25) is 5.02 Å². The van der Waals surface area contributed by atoms with Crippen LogP contribution < -0.4 is 20.7 Å². The standard InChI is InChI=1S/C30H29ClF3N7OS/c1-40(16-5-7-37-12-16)28-18-9-20(31)23(17-3-4-21(33)26-22(17)19(11-35)27(36)43-26)24(34)25(18)38-29(39-28)42-14-30-6-2-8-41(30)13-15(32)10-30/h3-4,9,15-16,37H,2,5-8,10,12-14,36H2,1H3/t15-,16-,30+/m1/s1. The molecule has 3 atom stereocenters. The second kappa shape index (κ2) is 10.7.